The van der Waals surface area contributed by atoms with E-state index in [0.29, 0.717) is 38.0 Å². The number of nitrogens with zero attached hydrogens (tertiary/aromatic N) is 1. The summed E-state index contributed by atoms with van der Waals surface area (Å²) in [4.78, 5) is 25.2. The van der Waals surface area contributed by atoms with Gasteiger partial charge >= 0.3 is 0 Å². The molecule has 2 aromatic rings. The Labute approximate surface area is 146 Å². The third-order valence-electron chi connectivity index (χ3n) is 4.52. The number of hydrogen-bond acceptors (Lipinski definition) is 4. The highest BCUT2D eigenvalue weighted by molar-refractivity contribution is 5.83. The van der Waals surface area contributed by atoms with Gasteiger partial charge in [0.25, 0.3) is 0 Å². The summed E-state index contributed by atoms with van der Waals surface area (Å²) in [5, 5.41) is 9.68. The van der Waals surface area contributed by atoms with Crippen LogP contribution in [0.5, 0.6) is 11.5 Å². The number of ether oxygens (including phenoxy) is 1. The highest BCUT2D eigenvalue weighted by Crippen LogP contribution is 2.27. The first-order valence-electron chi connectivity index (χ1n) is 8.42. The minimum atomic E-state index is -0.0887. The fraction of sp³-hybridized carbons (Fsp3) is 0.300. The lowest BCUT2D eigenvalue weighted by atomic mass is 10.1. The number of phenolic OH excluding ortho intramolecular Hbond substituents is 1. The topological polar surface area (TPSA) is 66.8 Å². The predicted molar refractivity (Wildman–Crippen MR) is 93.6 cm³/mol. The van der Waals surface area contributed by atoms with Crippen LogP contribution in [0.25, 0.3) is 0 Å². The van der Waals surface area contributed by atoms with Crippen molar-refractivity contribution in [2.45, 2.75) is 31.8 Å². The average Bonchev–Trinajstić information content (AvgIpc) is 2.96. The van der Waals surface area contributed by atoms with Crippen LogP contribution in [0.4, 0.5) is 0 Å². The quantitative estimate of drug-likeness (QED) is 0.787. The maximum atomic E-state index is 12.2. The predicted octanol–water partition coefficient (Wildman–Crippen LogP) is 3.16. The molecule has 1 heterocycles. The van der Waals surface area contributed by atoms with Gasteiger partial charge in [-0.25, -0.2) is 0 Å². The molecule has 5 heteroatoms. The van der Waals surface area contributed by atoms with Gasteiger partial charge in [0.05, 0.1) is 12.2 Å². The zero-order valence-electron chi connectivity index (χ0n) is 13.9. The van der Waals surface area contributed by atoms with Gasteiger partial charge in [0.15, 0.2) is 6.29 Å². The number of aromatic hydroxyl groups is 1. The van der Waals surface area contributed by atoms with Crippen molar-refractivity contribution in [3.05, 3.63) is 59.7 Å². The van der Waals surface area contributed by atoms with Crippen LogP contribution in [0.15, 0.2) is 48.5 Å². The fourth-order valence-corrected chi connectivity index (χ4v) is 3.17. The Morgan fingerprint density at radius 1 is 1.16 bits per heavy atom. The summed E-state index contributed by atoms with van der Waals surface area (Å²) < 4.78 is 5.68. The van der Waals surface area contributed by atoms with Crippen LogP contribution in [0.3, 0.4) is 0 Å². The van der Waals surface area contributed by atoms with Gasteiger partial charge in [0.1, 0.15) is 11.5 Å². The molecule has 25 heavy (non-hydrogen) atoms. The van der Waals surface area contributed by atoms with Crippen LogP contribution < -0.4 is 4.74 Å². The molecule has 1 atom stereocenters. The molecule has 1 aliphatic heterocycles. The number of carbonyl (C=O) groups is 2. The van der Waals surface area contributed by atoms with Gasteiger partial charge in [-0.05, 0) is 24.1 Å². The van der Waals surface area contributed by atoms with Gasteiger partial charge in [-0.3, -0.25) is 9.59 Å². The van der Waals surface area contributed by atoms with Crippen molar-refractivity contribution in [1.82, 2.24) is 4.90 Å². The first-order chi connectivity index (χ1) is 12.2. The molecule has 0 aromatic heterocycles. The molecule has 0 saturated carbocycles. The van der Waals surface area contributed by atoms with Gasteiger partial charge < -0.3 is 14.7 Å². The maximum absolute atomic E-state index is 12.2. The second-order valence-electron chi connectivity index (χ2n) is 6.14. The molecule has 2 aromatic carbocycles. The summed E-state index contributed by atoms with van der Waals surface area (Å²) in [5.41, 5.74) is 1.27. The largest absolute Gasteiger partial charge is 0.507 e. The Balaban J connectivity index is 1.59. The van der Waals surface area contributed by atoms with Crippen molar-refractivity contribution >= 4 is 12.2 Å². The van der Waals surface area contributed by atoms with E-state index in [1.54, 1.807) is 12.1 Å². The summed E-state index contributed by atoms with van der Waals surface area (Å²) >= 11 is 0. The van der Waals surface area contributed by atoms with Crippen molar-refractivity contribution in [3.8, 4) is 11.5 Å². The third kappa shape index (κ3) is 3.99. The van der Waals surface area contributed by atoms with Crippen LogP contribution in [0.2, 0.25) is 0 Å². The van der Waals surface area contributed by atoms with Crippen LogP contribution >= 0.6 is 0 Å². The minimum Gasteiger partial charge on any atom is -0.507 e. The van der Waals surface area contributed by atoms with Crippen LogP contribution in [0, 0.1) is 0 Å². The highest BCUT2D eigenvalue weighted by Gasteiger charge is 2.30. The Bertz CT molecular complexity index is 745. The lowest BCUT2D eigenvalue weighted by Gasteiger charge is -2.25. The minimum absolute atomic E-state index is 0.0887. The molecule has 1 saturated heterocycles. The molecule has 0 aliphatic carbocycles. The SMILES string of the molecule is O=Cc1c(O)cccc1OCC[C@@H]1CCC(=O)N1Cc1ccccc1. The molecule has 0 unspecified atom stereocenters. The van der Waals surface area contributed by atoms with Gasteiger partial charge in [-0.15, -0.1) is 0 Å². The van der Waals surface area contributed by atoms with E-state index in [0.717, 1.165) is 12.0 Å². The number of benzene rings is 2. The molecule has 1 N–H and O–H groups in total. The summed E-state index contributed by atoms with van der Waals surface area (Å²) in [5.74, 6) is 0.447. The lowest BCUT2D eigenvalue weighted by Crippen LogP contribution is -2.33. The second-order valence-corrected chi connectivity index (χ2v) is 6.14. The van der Waals surface area contributed by atoms with Gasteiger partial charge in [-0.2, -0.15) is 0 Å². The molecule has 3 rings (SSSR count). The first-order valence-corrected chi connectivity index (χ1v) is 8.42. The molecule has 0 bridgehead atoms. The van der Waals surface area contributed by atoms with E-state index in [1.165, 1.54) is 6.07 Å². The molecule has 5 nitrogen and oxygen atoms in total. The van der Waals surface area contributed by atoms with Gasteiger partial charge in [-0.1, -0.05) is 36.4 Å². The molecule has 1 amide bonds. The molecule has 1 fully saturated rings. The standard InChI is InChI=1S/C20H21NO4/c22-14-17-18(23)7-4-8-19(17)25-12-11-16-9-10-20(24)21(16)13-15-5-2-1-3-6-15/h1-8,14,16,23H,9-13H2/t16-/m0/s1. The molecular weight excluding hydrogens is 318 g/mol. The van der Waals surface area contributed by atoms with E-state index in [9.17, 15) is 14.7 Å². The average molecular weight is 339 g/mol. The van der Waals surface area contributed by atoms with Crippen LogP contribution in [-0.2, 0) is 11.3 Å². The molecule has 1 aliphatic rings. The number of amides is 1. The smallest absolute Gasteiger partial charge is 0.223 e. The van der Waals surface area contributed by atoms with Crippen molar-refractivity contribution in [1.29, 1.82) is 0 Å². The molecule has 0 radical (unpaired) electrons. The van der Waals surface area contributed by atoms with Crippen molar-refractivity contribution in [2.75, 3.05) is 6.61 Å². The van der Waals surface area contributed by atoms with Crippen molar-refractivity contribution < 1.29 is 19.4 Å². The summed E-state index contributed by atoms with van der Waals surface area (Å²) in [7, 11) is 0. The van der Waals surface area contributed by atoms with Crippen molar-refractivity contribution in [2.24, 2.45) is 0 Å². The number of phenols is 1. The zero-order chi connectivity index (χ0) is 17.6. The van der Waals surface area contributed by atoms with E-state index in [4.69, 9.17) is 4.74 Å². The number of rotatable bonds is 7. The normalized spacial score (nSPS) is 16.9. The number of aldehydes is 1. The van der Waals surface area contributed by atoms with Gasteiger partial charge in [0, 0.05) is 25.4 Å². The second kappa shape index (κ2) is 7.83. The first kappa shape index (κ1) is 17.0. The number of hydrogen-bond donors (Lipinski definition) is 1. The Morgan fingerprint density at radius 2 is 1.96 bits per heavy atom. The van der Waals surface area contributed by atoms with Crippen LogP contribution in [0.1, 0.15) is 35.2 Å². The lowest BCUT2D eigenvalue weighted by molar-refractivity contribution is -0.129. The van der Waals surface area contributed by atoms with E-state index in [1.807, 2.05) is 35.2 Å². The van der Waals surface area contributed by atoms with E-state index >= 15 is 0 Å². The van der Waals surface area contributed by atoms with Gasteiger partial charge in [0.2, 0.25) is 5.91 Å². The number of likely N-dealkylation sites (tertiary alicyclic amines) is 1. The third-order valence-corrected chi connectivity index (χ3v) is 4.52. The van der Waals surface area contributed by atoms with E-state index < -0.39 is 0 Å². The summed E-state index contributed by atoms with van der Waals surface area (Å²) in [6, 6.07) is 14.8. The number of carbonyl (C=O) groups excluding carboxylic acids is 2. The Morgan fingerprint density at radius 3 is 2.72 bits per heavy atom. The Kier molecular flexibility index (Phi) is 5.33. The highest BCUT2D eigenvalue weighted by atomic mass is 16.5. The molecule has 130 valence electrons. The molecule has 0 spiro atoms. The van der Waals surface area contributed by atoms with Crippen molar-refractivity contribution in [3.63, 3.8) is 0 Å². The summed E-state index contributed by atoms with van der Waals surface area (Å²) in [6.07, 6.45) is 2.65. The van der Waals surface area contributed by atoms with E-state index in [2.05, 4.69) is 0 Å². The molecular formula is C20H21NO4. The summed E-state index contributed by atoms with van der Waals surface area (Å²) in [6.45, 7) is 0.990. The Hall–Kier alpha value is -2.82. The fourth-order valence-electron chi connectivity index (χ4n) is 3.17. The van der Waals surface area contributed by atoms with Crippen LogP contribution in [-0.4, -0.2) is 34.8 Å². The zero-order valence-corrected chi connectivity index (χ0v) is 13.9. The monoisotopic (exact) mass is 339 g/mol. The van der Waals surface area contributed by atoms with E-state index in [-0.39, 0.29) is 23.3 Å². The maximum Gasteiger partial charge on any atom is 0.223 e.